The van der Waals surface area contributed by atoms with Gasteiger partial charge in [0.1, 0.15) is 0 Å². The summed E-state index contributed by atoms with van der Waals surface area (Å²) in [6, 6.07) is 0. The highest BCUT2D eigenvalue weighted by Crippen LogP contribution is 2.27. The molecule has 84 valence electrons. The molecular formula is C10H18N4O. The van der Waals surface area contributed by atoms with Crippen LogP contribution in [0.1, 0.15) is 6.92 Å². The number of rotatable bonds is 2. The van der Waals surface area contributed by atoms with Gasteiger partial charge in [-0.2, -0.15) is 0 Å². The van der Waals surface area contributed by atoms with Gasteiger partial charge in [0, 0.05) is 32.4 Å². The number of nitrogens with zero attached hydrogens (tertiary/aromatic N) is 2. The molecule has 0 radical (unpaired) electrons. The first-order chi connectivity index (χ1) is 7.27. The molecule has 1 atom stereocenters. The minimum Gasteiger partial charge on any atom is -0.496 e. The maximum absolute atomic E-state index is 5.38. The van der Waals surface area contributed by atoms with Crippen molar-refractivity contribution in [2.24, 2.45) is 4.99 Å². The van der Waals surface area contributed by atoms with Gasteiger partial charge in [0.05, 0.1) is 13.4 Å². The zero-order valence-corrected chi connectivity index (χ0v) is 9.29. The summed E-state index contributed by atoms with van der Waals surface area (Å²) < 4.78 is 5.38. The van der Waals surface area contributed by atoms with Crippen LogP contribution in [-0.4, -0.2) is 50.2 Å². The Bertz CT molecular complexity index is 283. The molecule has 2 rings (SSSR count). The van der Waals surface area contributed by atoms with Gasteiger partial charge in [-0.05, 0) is 6.92 Å². The number of piperazine rings is 1. The van der Waals surface area contributed by atoms with Crippen LogP contribution >= 0.6 is 0 Å². The highest BCUT2D eigenvalue weighted by molar-refractivity contribution is 5.59. The van der Waals surface area contributed by atoms with Gasteiger partial charge in [-0.15, -0.1) is 0 Å². The Morgan fingerprint density at radius 2 is 2.20 bits per heavy atom. The Morgan fingerprint density at radius 1 is 1.47 bits per heavy atom. The van der Waals surface area contributed by atoms with Crippen molar-refractivity contribution in [2.45, 2.75) is 12.6 Å². The molecule has 5 heteroatoms. The summed E-state index contributed by atoms with van der Waals surface area (Å²) in [5.74, 6) is 0.868. The highest BCUT2D eigenvalue weighted by Gasteiger charge is 2.38. The molecule has 0 bridgehead atoms. The van der Waals surface area contributed by atoms with Crippen molar-refractivity contribution in [1.29, 1.82) is 0 Å². The van der Waals surface area contributed by atoms with Crippen LogP contribution in [0.3, 0.4) is 0 Å². The average molecular weight is 210 g/mol. The summed E-state index contributed by atoms with van der Waals surface area (Å²) in [5, 5.41) is 6.29. The van der Waals surface area contributed by atoms with Gasteiger partial charge in [0.2, 0.25) is 0 Å². The Balaban J connectivity index is 2.18. The third-order valence-electron chi connectivity index (χ3n) is 3.02. The first kappa shape index (κ1) is 10.4. The third-order valence-corrected chi connectivity index (χ3v) is 3.02. The topological polar surface area (TPSA) is 48.9 Å². The normalized spacial score (nSPS) is 32.0. The van der Waals surface area contributed by atoms with E-state index in [9.17, 15) is 0 Å². The van der Waals surface area contributed by atoms with Crippen LogP contribution in [0.15, 0.2) is 17.0 Å². The van der Waals surface area contributed by atoms with Crippen LogP contribution in [0.2, 0.25) is 0 Å². The Morgan fingerprint density at radius 3 is 2.87 bits per heavy atom. The molecule has 0 amide bonds. The summed E-state index contributed by atoms with van der Waals surface area (Å²) in [7, 11) is 1.69. The van der Waals surface area contributed by atoms with Gasteiger partial charge in [-0.25, -0.2) is 4.99 Å². The van der Waals surface area contributed by atoms with Crippen LogP contribution in [0.4, 0.5) is 0 Å². The average Bonchev–Trinajstić information content (AvgIpc) is 2.31. The van der Waals surface area contributed by atoms with Gasteiger partial charge in [0.25, 0.3) is 0 Å². The standard InChI is InChI=1S/C10H18N4O/c1-10(14-5-3-11-4-6-14)9(15-2)7-12-8-13-10/h7-8,11H,3-6H2,1-2H3,(H,12,13). The summed E-state index contributed by atoms with van der Waals surface area (Å²) in [5.41, 5.74) is -0.345. The van der Waals surface area contributed by atoms with E-state index in [1.54, 1.807) is 13.4 Å². The highest BCUT2D eigenvalue weighted by atomic mass is 16.5. The molecule has 0 aromatic carbocycles. The SMILES string of the molecule is COC1=CNC=NC1(C)N1CCNCC1. The molecule has 2 heterocycles. The summed E-state index contributed by atoms with van der Waals surface area (Å²) in [4.78, 5) is 6.84. The lowest BCUT2D eigenvalue weighted by Crippen LogP contribution is -2.56. The second-order valence-corrected chi connectivity index (χ2v) is 3.90. The van der Waals surface area contributed by atoms with E-state index in [4.69, 9.17) is 4.74 Å². The van der Waals surface area contributed by atoms with Crippen molar-refractivity contribution in [3.63, 3.8) is 0 Å². The van der Waals surface area contributed by atoms with Crippen molar-refractivity contribution in [1.82, 2.24) is 15.5 Å². The predicted molar refractivity (Wildman–Crippen MR) is 59.6 cm³/mol. The second kappa shape index (κ2) is 4.20. The van der Waals surface area contributed by atoms with Crippen molar-refractivity contribution in [2.75, 3.05) is 33.3 Å². The van der Waals surface area contributed by atoms with Gasteiger partial charge in [0.15, 0.2) is 11.4 Å². The zero-order chi connectivity index (χ0) is 10.7. The quantitative estimate of drug-likeness (QED) is 0.658. The van der Waals surface area contributed by atoms with E-state index in [2.05, 4.69) is 27.4 Å². The Hall–Kier alpha value is -1.07. The molecule has 0 aliphatic carbocycles. The fraction of sp³-hybridized carbons (Fsp3) is 0.700. The first-order valence-corrected chi connectivity index (χ1v) is 5.27. The predicted octanol–water partition coefficient (Wildman–Crippen LogP) is -0.273. The van der Waals surface area contributed by atoms with Crippen LogP contribution in [-0.2, 0) is 4.74 Å². The van der Waals surface area contributed by atoms with Crippen LogP contribution in [0.5, 0.6) is 0 Å². The van der Waals surface area contributed by atoms with Crippen LogP contribution in [0.25, 0.3) is 0 Å². The summed E-state index contributed by atoms with van der Waals surface area (Å²) >= 11 is 0. The van der Waals surface area contributed by atoms with E-state index in [-0.39, 0.29) is 5.66 Å². The molecule has 1 saturated heterocycles. The molecule has 2 N–H and O–H groups in total. The molecule has 5 nitrogen and oxygen atoms in total. The monoisotopic (exact) mass is 210 g/mol. The van der Waals surface area contributed by atoms with Crippen molar-refractivity contribution >= 4 is 6.34 Å². The number of hydrogen-bond acceptors (Lipinski definition) is 5. The maximum Gasteiger partial charge on any atom is 0.171 e. The number of methoxy groups -OCH3 is 1. The Labute approximate surface area is 90.2 Å². The number of aliphatic imine (C=N–C) groups is 1. The van der Waals surface area contributed by atoms with Gasteiger partial charge in [-0.1, -0.05) is 0 Å². The number of hydrogen-bond donors (Lipinski definition) is 2. The molecule has 2 aliphatic heterocycles. The van der Waals surface area contributed by atoms with Crippen LogP contribution < -0.4 is 10.6 Å². The fourth-order valence-corrected chi connectivity index (χ4v) is 2.07. The van der Waals surface area contributed by atoms with Gasteiger partial charge >= 0.3 is 0 Å². The van der Waals surface area contributed by atoms with Gasteiger partial charge < -0.3 is 15.4 Å². The third kappa shape index (κ3) is 1.85. The van der Waals surface area contributed by atoms with E-state index in [1.807, 2.05) is 6.20 Å². The molecule has 0 aromatic heterocycles. The smallest absolute Gasteiger partial charge is 0.171 e. The molecule has 15 heavy (non-hydrogen) atoms. The minimum absolute atomic E-state index is 0.345. The summed E-state index contributed by atoms with van der Waals surface area (Å²) in [6.07, 6.45) is 3.60. The fourth-order valence-electron chi connectivity index (χ4n) is 2.07. The second-order valence-electron chi connectivity index (χ2n) is 3.90. The Kier molecular flexibility index (Phi) is 2.93. The molecular weight excluding hydrogens is 192 g/mol. The first-order valence-electron chi connectivity index (χ1n) is 5.27. The number of nitrogens with one attached hydrogen (secondary N) is 2. The lowest BCUT2D eigenvalue weighted by molar-refractivity contribution is 0.0694. The van der Waals surface area contributed by atoms with Crippen LogP contribution in [0, 0.1) is 0 Å². The van der Waals surface area contributed by atoms with E-state index in [0.29, 0.717) is 0 Å². The zero-order valence-electron chi connectivity index (χ0n) is 9.29. The van der Waals surface area contributed by atoms with E-state index >= 15 is 0 Å². The lowest BCUT2D eigenvalue weighted by Gasteiger charge is -2.42. The maximum atomic E-state index is 5.38. The van der Waals surface area contributed by atoms with Gasteiger partial charge in [-0.3, -0.25) is 4.90 Å². The lowest BCUT2D eigenvalue weighted by atomic mass is 10.1. The molecule has 0 aromatic rings. The van der Waals surface area contributed by atoms with E-state index < -0.39 is 0 Å². The van der Waals surface area contributed by atoms with E-state index in [1.165, 1.54) is 0 Å². The number of ether oxygens (including phenoxy) is 1. The van der Waals surface area contributed by atoms with Crippen molar-refractivity contribution < 1.29 is 4.74 Å². The molecule has 1 unspecified atom stereocenters. The van der Waals surface area contributed by atoms with Crippen molar-refractivity contribution in [3.8, 4) is 0 Å². The molecule has 0 spiro atoms. The molecule has 2 aliphatic rings. The minimum atomic E-state index is -0.345. The summed E-state index contributed by atoms with van der Waals surface area (Å²) in [6.45, 7) is 6.10. The van der Waals surface area contributed by atoms with Crippen molar-refractivity contribution in [3.05, 3.63) is 12.0 Å². The molecule has 1 fully saturated rings. The largest absolute Gasteiger partial charge is 0.496 e. The van der Waals surface area contributed by atoms with E-state index in [0.717, 1.165) is 31.9 Å². The molecule has 0 saturated carbocycles.